The average Bonchev–Trinajstić information content (AvgIpc) is 2.29. The maximum absolute atomic E-state index is 12.1. The van der Waals surface area contributed by atoms with Crippen molar-refractivity contribution in [2.45, 2.75) is 19.9 Å². The smallest absolute Gasteiger partial charge is 0.176 e. The molecule has 1 atom stereocenters. The molecule has 0 radical (unpaired) electrons. The van der Waals surface area contributed by atoms with E-state index in [1.165, 1.54) is 0 Å². The molecule has 0 N–H and O–H groups in total. The van der Waals surface area contributed by atoms with Crippen molar-refractivity contribution in [1.82, 2.24) is 0 Å². The highest BCUT2D eigenvalue weighted by Gasteiger charge is 2.32. The third-order valence-corrected chi connectivity index (χ3v) is 3.55. The molecule has 3 nitrogen and oxygen atoms in total. The predicted molar refractivity (Wildman–Crippen MR) is 70.5 cm³/mol. The van der Waals surface area contributed by atoms with E-state index >= 15 is 0 Å². The van der Waals surface area contributed by atoms with Crippen molar-refractivity contribution in [3.8, 4) is 0 Å². The van der Waals surface area contributed by atoms with Crippen LogP contribution in [0, 0.1) is 5.92 Å². The van der Waals surface area contributed by atoms with E-state index in [4.69, 9.17) is 0 Å². The topological polar surface area (TPSA) is 37.4 Å². The Labute approximate surface area is 109 Å². The van der Waals surface area contributed by atoms with E-state index in [0.717, 1.165) is 16.4 Å². The first kappa shape index (κ1) is 12.3. The Balaban J connectivity index is 2.55. The molecule has 2 rings (SSSR count). The molecule has 0 amide bonds. The number of aldehydes is 1. The summed E-state index contributed by atoms with van der Waals surface area (Å²) in [4.78, 5) is 25.1. The fourth-order valence-corrected chi connectivity index (χ4v) is 2.49. The largest absolute Gasteiger partial charge is 0.367 e. The van der Waals surface area contributed by atoms with E-state index in [1.54, 1.807) is 6.07 Å². The number of halogens is 1. The fourth-order valence-electron chi connectivity index (χ4n) is 2.14. The summed E-state index contributed by atoms with van der Waals surface area (Å²) in [7, 11) is 0. The zero-order chi connectivity index (χ0) is 12.6. The number of hydrogen-bond acceptors (Lipinski definition) is 3. The van der Waals surface area contributed by atoms with Crippen LogP contribution in [0.1, 0.15) is 24.2 Å². The first-order valence-corrected chi connectivity index (χ1v) is 6.39. The zero-order valence-electron chi connectivity index (χ0n) is 9.81. The first-order valence-electron chi connectivity index (χ1n) is 5.60. The molecule has 1 aliphatic heterocycles. The Bertz CT molecular complexity index is 470. The molecular formula is C13H14BrNO2. The molecule has 1 unspecified atom stereocenters. The van der Waals surface area contributed by atoms with Gasteiger partial charge in [0, 0.05) is 28.3 Å². The molecule has 0 aliphatic carbocycles. The molecule has 0 saturated carbocycles. The molecule has 0 spiro atoms. The standard InChI is InChI=1S/C13H14BrNO2/c1-8(2)15-6-9(7-16)13(17)11-4-3-10(14)5-12(11)15/h3-5,7-9H,6H2,1-2H3. The highest BCUT2D eigenvalue weighted by atomic mass is 79.9. The van der Waals surface area contributed by atoms with Crippen LogP contribution in [0.5, 0.6) is 0 Å². The number of anilines is 1. The Morgan fingerprint density at radius 2 is 2.18 bits per heavy atom. The average molecular weight is 296 g/mol. The van der Waals surface area contributed by atoms with Gasteiger partial charge in [0.15, 0.2) is 5.78 Å². The number of hydrogen-bond donors (Lipinski definition) is 0. The van der Waals surface area contributed by atoms with Crippen molar-refractivity contribution < 1.29 is 9.59 Å². The van der Waals surface area contributed by atoms with Crippen molar-refractivity contribution in [3.05, 3.63) is 28.2 Å². The van der Waals surface area contributed by atoms with Crippen molar-refractivity contribution in [1.29, 1.82) is 0 Å². The van der Waals surface area contributed by atoms with Gasteiger partial charge in [-0.05, 0) is 32.0 Å². The number of carbonyl (C=O) groups excluding carboxylic acids is 2. The van der Waals surface area contributed by atoms with Gasteiger partial charge in [0.25, 0.3) is 0 Å². The highest BCUT2D eigenvalue weighted by Crippen LogP contribution is 2.32. The van der Waals surface area contributed by atoms with E-state index in [0.29, 0.717) is 12.1 Å². The van der Waals surface area contributed by atoms with Crippen LogP contribution in [0.2, 0.25) is 0 Å². The maximum Gasteiger partial charge on any atom is 0.176 e. The lowest BCUT2D eigenvalue weighted by Crippen LogP contribution is -2.43. The van der Waals surface area contributed by atoms with Crippen LogP contribution in [-0.4, -0.2) is 24.7 Å². The van der Waals surface area contributed by atoms with Gasteiger partial charge in [0.2, 0.25) is 0 Å². The number of benzene rings is 1. The summed E-state index contributed by atoms with van der Waals surface area (Å²) < 4.78 is 0.944. The highest BCUT2D eigenvalue weighted by molar-refractivity contribution is 9.10. The monoisotopic (exact) mass is 295 g/mol. The van der Waals surface area contributed by atoms with Crippen LogP contribution in [0.3, 0.4) is 0 Å². The van der Waals surface area contributed by atoms with Gasteiger partial charge in [-0.15, -0.1) is 0 Å². The summed E-state index contributed by atoms with van der Waals surface area (Å²) in [5, 5.41) is 0. The number of carbonyl (C=O) groups is 2. The maximum atomic E-state index is 12.1. The summed E-state index contributed by atoms with van der Waals surface area (Å²) in [6.45, 7) is 4.59. The van der Waals surface area contributed by atoms with Crippen molar-refractivity contribution in [2.75, 3.05) is 11.4 Å². The van der Waals surface area contributed by atoms with Gasteiger partial charge in [-0.3, -0.25) is 4.79 Å². The van der Waals surface area contributed by atoms with Crippen LogP contribution in [-0.2, 0) is 4.79 Å². The summed E-state index contributed by atoms with van der Waals surface area (Å²) in [5.74, 6) is -0.606. The second-order valence-corrected chi connectivity index (χ2v) is 5.43. The van der Waals surface area contributed by atoms with Gasteiger partial charge in [0.1, 0.15) is 6.29 Å². The molecule has 0 aromatic heterocycles. The molecule has 4 heteroatoms. The van der Waals surface area contributed by atoms with Gasteiger partial charge in [-0.25, -0.2) is 0 Å². The van der Waals surface area contributed by atoms with E-state index in [9.17, 15) is 9.59 Å². The Morgan fingerprint density at radius 3 is 2.76 bits per heavy atom. The molecule has 0 fully saturated rings. The predicted octanol–water partition coefficient (Wildman–Crippen LogP) is 2.68. The third-order valence-electron chi connectivity index (χ3n) is 3.05. The zero-order valence-corrected chi connectivity index (χ0v) is 11.4. The van der Waals surface area contributed by atoms with Gasteiger partial charge in [-0.2, -0.15) is 0 Å². The quantitative estimate of drug-likeness (QED) is 0.622. The van der Waals surface area contributed by atoms with Crippen molar-refractivity contribution >= 4 is 33.7 Å². The number of fused-ring (bicyclic) bond motifs is 1. The van der Waals surface area contributed by atoms with Gasteiger partial charge in [0.05, 0.1) is 5.92 Å². The van der Waals surface area contributed by atoms with Gasteiger partial charge in [-0.1, -0.05) is 15.9 Å². The lowest BCUT2D eigenvalue weighted by Gasteiger charge is -2.36. The molecule has 1 aromatic rings. The summed E-state index contributed by atoms with van der Waals surface area (Å²) in [6, 6.07) is 5.82. The van der Waals surface area contributed by atoms with E-state index < -0.39 is 5.92 Å². The summed E-state index contributed by atoms with van der Waals surface area (Å²) in [5.41, 5.74) is 1.56. The molecule has 0 saturated heterocycles. The third kappa shape index (κ3) is 2.14. The first-order chi connectivity index (χ1) is 8.04. The molecule has 1 aromatic carbocycles. The van der Waals surface area contributed by atoms with E-state index in [2.05, 4.69) is 34.7 Å². The second kappa shape index (κ2) is 4.61. The van der Waals surface area contributed by atoms with Crippen LogP contribution in [0.4, 0.5) is 5.69 Å². The summed E-state index contributed by atoms with van der Waals surface area (Å²) >= 11 is 3.41. The molecular weight excluding hydrogens is 282 g/mol. The Morgan fingerprint density at radius 1 is 1.47 bits per heavy atom. The minimum absolute atomic E-state index is 0.0700. The Hall–Kier alpha value is -1.16. The molecule has 90 valence electrons. The van der Waals surface area contributed by atoms with Crippen LogP contribution in [0.25, 0.3) is 0 Å². The minimum Gasteiger partial charge on any atom is -0.367 e. The Kier molecular flexibility index (Phi) is 3.33. The normalized spacial score (nSPS) is 19.4. The molecule has 17 heavy (non-hydrogen) atoms. The van der Waals surface area contributed by atoms with Crippen molar-refractivity contribution in [2.24, 2.45) is 5.92 Å². The van der Waals surface area contributed by atoms with Crippen LogP contribution in [0.15, 0.2) is 22.7 Å². The number of ketones is 1. The van der Waals surface area contributed by atoms with Crippen LogP contribution < -0.4 is 4.90 Å². The number of rotatable bonds is 2. The second-order valence-electron chi connectivity index (χ2n) is 4.51. The molecule has 1 aliphatic rings. The lowest BCUT2D eigenvalue weighted by molar-refractivity contribution is -0.109. The van der Waals surface area contributed by atoms with Gasteiger partial charge >= 0.3 is 0 Å². The fraction of sp³-hybridized carbons (Fsp3) is 0.385. The number of nitrogens with zero attached hydrogens (tertiary/aromatic N) is 1. The SMILES string of the molecule is CC(C)N1CC(C=O)C(=O)c2ccc(Br)cc21. The number of Topliss-reactive ketones (excluding diaryl/α,β-unsaturated/α-hetero) is 1. The van der Waals surface area contributed by atoms with Gasteiger partial charge < -0.3 is 9.69 Å². The van der Waals surface area contributed by atoms with Crippen LogP contribution >= 0.6 is 15.9 Å². The lowest BCUT2D eigenvalue weighted by atomic mass is 9.91. The summed E-state index contributed by atoms with van der Waals surface area (Å²) in [6.07, 6.45) is 0.753. The van der Waals surface area contributed by atoms with E-state index in [1.807, 2.05) is 12.1 Å². The molecule has 1 heterocycles. The minimum atomic E-state index is -0.536. The molecule has 0 bridgehead atoms. The van der Waals surface area contributed by atoms with Crippen molar-refractivity contribution in [3.63, 3.8) is 0 Å². The van der Waals surface area contributed by atoms with E-state index in [-0.39, 0.29) is 11.8 Å².